The number of pyridine rings is 1. The van der Waals surface area contributed by atoms with Crippen LogP contribution in [0.25, 0.3) is 0 Å². The first-order valence-electron chi connectivity index (χ1n) is 11.7. The molecule has 3 saturated carbocycles. The second-order valence-electron chi connectivity index (χ2n) is 9.22. The number of hydrogen-bond acceptors (Lipinski definition) is 6. The molecule has 3 fully saturated rings. The Labute approximate surface area is 199 Å². The zero-order valence-electron chi connectivity index (χ0n) is 19.3. The van der Waals surface area contributed by atoms with Crippen molar-refractivity contribution in [1.82, 2.24) is 4.98 Å². The first-order chi connectivity index (χ1) is 16.3. The van der Waals surface area contributed by atoms with Crippen LogP contribution in [0, 0.1) is 11.3 Å². The average molecular weight is 472 g/mol. The van der Waals surface area contributed by atoms with E-state index in [2.05, 4.69) is 4.98 Å². The Kier molecular flexibility index (Phi) is 9.27. The Morgan fingerprint density at radius 1 is 0.971 bits per heavy atom. The summed E-state index contributed by atoms with van der Waals surface area (Å²) in [6, 6.07) is 11.8. The summed E-state index contributed by atoms with van der Waals surface area (Å²) in [6.45, 7) is 1.14. The van der Waals surface area contributed by atoms with Gasteiger partial charge in [-0.05, 0) is 93.2 Å². The number of carbonyl (C=O) groups is 2. The van der Waals surface area contributed by atoms with Gasteiger partial charge in [0.05, 0.1) is 12.7 Å². The van der Waals surface area contributed by atoms with Crippen molar-refractivity contribution in [2.75, 3.05) is 13.2 Å². The molecule has 3 aliphatic carbocycles. The number of ether oxygens (including phenoxy) is 2. The van der Waals surface area contributed by atoms with Gasteiger partial charge in [-0.1, -0.05) is 6.07 Å². The molecule has 2 aromatic rings. The molecule has 5 rings (SSSR count). The minimum atomic E-state index is -1.82. The summed E-state index contributed by atoms with van der Waals surface area (Å²) >= 11 is 0. The molecule has 8 nitrogen and oxygen atoms in total. The summed E-state index contributed by atoms with van der Waals surface area (Å²) in [7, 11) is 0. The maximum atomic E-state index is 10.1. The van der Waals surface area contributed by atoms with Crippen LogP contribution in [0.5, 0.6) is 11.5 Å². The van der Waals surface area contributed by atoms with E-state index in [4.69, 9.17) is 29.3 Å². The lowest BCUT2D eigenvalue weighted by atomic mass is 9.61. The van der Waals surface area contributed by atoms with E-state index < -0.39 is 18.0 Å². The molecule has 0 saturated heterocycles. The van der Waals surface area contributed by atoms with Crippen molar-refractivity contribution < 1.29 is 34.4 Å². The Morgan fingerprint density at radius 3 is 2.09 bits per heavy atom. The molecule has 1 aromatic carbocycles. The van der Waals surface area contributed by atoms with E-state index in [0.29, 0.717) is 18.4 Å². The van der Waals surface area contributed by atoms with E-state index in [1.54, 1.807) is 6.20 Å². The molecule has 0 aliphatic heterocycles. The Hall–Kier alpha value is -3.13. The minimum Gasteiger partial charge on any atom is -0.493 e. The van der Waals surface area contributed by atoms with Crippen LogP contribution in [0.2, 0.25) is 0 Å². The number of benzene rings is 1. The van der Waals surface area contributed by atoms with E-state index in [-0.39, 0.29) is 0 Å². The normalized spacial score (nSPS) is 21.6. The highest BCUT2D eigenvalue weighted by Gasteiger charge is 2.40. The SMILES string of the molecule is O=C(O)C(=O)O.OC(CCc1cccnc1)COc1ccc(OCC23CCC(CC2)CC3)cc1. The highest BCUT2D eigenvalue weighted by atomic mass is 16.5. The number of aliphatic hydroxyl groups excluding tert-OH is 1. The van der Waals surface area contributed by atoms with Crippen molar-refractivity contribution in [1.29, 1.82) is 0 Å². The van der Waals surface area contributed by atoms with Crippen molar-refractivity contribution >= 4 is 11.9 Å². The maximum Gasteiger partial charge on any atom is 0.414 e. The quantitative estimate of drug-likeness (QED) is 0.469. The minimum absolute atomic E-state index is 0.296. The van der Waals surface area contributed by atoms with Crippen molar-refractivity contribution in [3.63, 3.8) is 0 Å². The van der Waals surface area contributed by atoms with E-state index >= 15 is 0 Å². The zero-order chi connectivity index (χ0) is 24.4. The number of carboxylic acids is 2. The van der Waals surface area contributed by atoms with Crippen LogP contribution in [0.4, 0.5) is 0 Å². The Morgan fingerprint density at radius 2 is 1.56 bits per heavy atom. The van der Waals surface area contributed by atoms with E-state index in [9.17, 15) is 5.11 Å². The van der Waals surface area contributed by atoms with E-state index in [1.165, 1.54) is 38.5 Å². The van der Waals surface area contributed by atoms with Crippen LogP contribution in [-0.2, 0) is 16.0 Å². The lowest BCUT2D eigenvalue weighted by Gasteiger charge is -2.46. The zero-order valence-corrected chi connectivity index (χ0v) is 19.3. The molecule has 2 bridgehead atoms. The Balaban J connectivity index is 0.000000481. The molecule has 34 heavy (non-hydrogen) atoms. The van der Waals surface area contributed by atoms with Gasteiger partial charge in [0, 0.05) is 17.8 Å². The van der Waals surface area contributed by atoms with Gasteiger partial charge in [0.25, 0.3) is 0 Å². The van der Waals surface area contributed by atoms with Crippen molar-refractivity contribution in [3.05, 3.63) is 54.4 Å². The van der Waals surface area contributed by atoms with Crippen molar-refractivity contribution in [3.8, 4) is 11.5 Å². The van der Waals surface area contributed by atoms with Crippen LogP contribution in [0.1, 0.15) is 50.5 Å². The van der Waals surface area contributed by atoms with Gasteiger partial charge in [0.2, 0.25) is 0 Å². The van der Waals surface area contributed by atoms with Crippen LogP contribution in [-0.4, -0.2) is 51.6 Å². The molecule has 3 N–H and O–H groups in total. The summed E-state index contributed by atoms with van der Waals surface area (Å²) in [5, 5.41) is 24.9. The van der Waals surface area contributed by atoms with Gasteiger partial charge in [0.1, 0.15) is 18.1 Å². The van der Waals surface area contributed by atoms with Crippen LogP contribution < -0.4 is 9.47 Å². The highest BCUT2D eigenvalue weighted by molar-refractivity contribution is 6.27. The molecule has 1 atom stereocenters. The second kappa shape index (κ2) is 12.4. The molecule has 3 aliphatic rings. The number of rotatable bonds is 9. The lowest BCUT2D eigenvalue weighted by molar-refractivity contribution is -0.159. The fourth-order valence-corrected chi connectivity index (χ4v) is 4.58. The third-order valence-corrected chi connectivity index (χ3v) is 6.73. The summed E-state index contributed by atoms with van der Waals surface area (Å²) < 4.78 is 11.9. The molecule has 8 heteroatoms. The van der Waals surface area contributed by atoms with Gasteiger partial charge in [-0.15, -0.1) is 0 Å². The molecule has 1 aromatic heterocycles. The predicted octanol–water partition coefficient (Wildman–Crippen LogP) is 3.96. The largest absolute Gasteiger partial charge is 0.493 e. The summed E-state index contributed by atoms with van der Waals surface area (Å²) in [6.07, 6.45) is 12.7. The van der Waals surface area contributed by atoms with Gasteiger partial charge >= 0.3 is 11.9 Å². The van der Waals surface area contributed by atoms with Crippen LogP contribution >= 0.6 is 0 Å². The summed E-state index contributed by atoms with van der Waals surface area (Å²) in [5.74, 6) is -0.987. The van der Waals surface area contributed by atoms with Gasteiger partial charge in [-0.25, -0.2) is 9.59 Å². The average Bonchev–Trinajstić information content (AvgIpc) is 2.88. The van der Waals surface area contributed by atoms with Gasteiger partial charge < -0.3 is 24.8 Å². The molecular weight excluding hydrogens is 438 g/mol. The molecule has 1 heterocycles. The molecule has 0 amide bonds. The van der Waals surface area contributed by atoms with E-state index in [0.717, 1.165) is 36.0 Å². The van der Waals surface area contributed by atoms with Crippen molar-refractivity contribution in [2.24, 2.45) is 11.3 Å². The van der Waals surface area contributed by atoms with Gasteiger partial charge in [-0.2, -0.15) is 0 Å². The van der Waals surface area contributed by atoms with Gasteiger partial charge in [-0.3, -0.25) is 4.98 Å². The summed E-state index contributed by atoms with van der Waals surface area (Å²) in [5.41, 5.74) is 1.55. The standard InChI is InChI=1S/C24H31NO3.C2H2O4/c26-21(4-3-20-2-1-15-25-16-20)17-27-22-5-7-23(8-6-22)28-18-24-12-9-19(10-13-24)11-14-24;3-1(4)2(5)6/h1-2,5-8,15-16,19,21,26H,3-4,9-14,17-18H2;(H,3,4)(H,5,6). The predicted molar refractivity (Wildman–Crippen MR) is 125 cm³/mol. The maximum absolute atomic E-state index is 10.1. The number of aryl methyl sites for hydroxylation is 1. The number of aliphatic carboxylic acids is 2. The lowest BCUT2D eigenvalue weighted by Crippen LogP contribution is -2.38. The monoisotopic (exact) mass is 471 g/mol. The number of carboxylic acid groups (broad SMARTS) is 2. The van der Waals surface area contributed by atoms with E-state index in [1.807, 2.05) is 42.6 Å². The molecular formula is C26H33NO7. The fraction of sp³-hybridized carbons (Fsp3) is 0.500. The first kappa shape index (κ1) is 25.5. The Bertz CT molecular complexity index is 883. The number of hydrogen-bond donors (Lipinski definition) is 3. The fourth-order valence-electron chi connectivity index (χ4n) is 4.58. The second-order valence-corrected chi connectivity index (χ2v) is 9.22. The number of aliphatic hydroxyl groups is 1. The highest BCUT2D eigenvalue weighted by Crippen LogP contribution is 2.50. The molecule has 184 valence electrons. The number of fused-ring (bicyclic) bond motifs is 3. The van der Waals surface area contributed by atoms with Crippen LogP contribution in [0.3, 0.4) is 0 Å². The third-order valence-electron chi connectivity index (χ3n) is 6.73. The molecule has 1 unspecified atom stereocenters. The van der Waals surface area contributed by atoms with Crippen molar-refractivity contribution in [2.45, 2.75) is 57.5 Å². The summed E-state index contributed by atoms with van der Waals surface area (Å²) in [4.78, 5) is 22.3. The smallest absolute Gasteiger partial charge is 0.414 e. The van der Waals surface area contributed by atoms with Crippen LogP contribution in [0.15, 0.2) is 48.8 Å². The molecule has 0 spiro atoms. The first-order valence-corrected chi connectivity index (χ1v) is 11.7. The number of aromatic nitrogens is 1. The third kappa shape index (κ3) is 8.02. The number of nitrogens with zero attached hydrogens (tertiary/aromatic N) is 1. The topological polar surface area (TPSA) is 126 Å². The van der Waals surface area contributed by atoms with Gasteiger partial charge in [0.15, 0.2) is 0 Å². The molecule has 0 radical (unpaired) electrons.